The third-order valence-corrected chi connectivity index (χ3v) is 6.21. The standard InChI is InChI=1S/C26H27BrN4O4/c1-3-23(24-29-22-12-5-4-11-21(22)25(32)30(24)13-15-34-2)31(17-20-10-7-14-35-20)26(33)28-19-9-6-8-18(27)16-19/h4-12,14,16,23H,3,13,15,17H2,1-2H3,(H,28,33). The van der Waals surface area contributed by atoms with Crippen molar-refractivity contribution < 1.29 is 13.9 Å². The Labute approximate surface area is 211 Å². The molecule has 8 nitrogen and oxygen atoms in total. The molecular weight excluding hydrogens is 512 g/mol. The number of halogens is 1. The van der Waals surface area contributed by atoms with Crippen LogP contribution in [0.5, 0.6) is 0 Å². The lowest BCUT2D eigenvalue weighted by molar-refractivity contribution is 0.161. The molecule has 0 aliphatic carbocycles. The minimum atomic E-state index is -0.499. The molecule has 2 aromatic carbocycles. The number of nitrogens with zero attached hydrogens (tertiary/aromatic N) is 3. The number of rotatable bonds is 9. The third-order valence-electron chi connectivity index (χ3n) is 5.71. The number of furan rings is 1. The van der Waals surface area contributed by atoms with E-state index in [1.54, 1.807) is 35.0 Å². The molecule has 182 valence electrons. The molecule has 0 saturated carbocycles. The van der Waals surface area contributed by atoms with Gasteiger partial charge in [-0.1, -0.05) is 41.1 Å². The maximum atomic E-state index is 13.6. The second-order valence-corrected chi connectivity index (χ2v) is 8.92. The molecule has 0 saturated heterocycles. The number of aromatic nitrogens is 2. The zero-order chi connectivity index (χ0) is 24.8. The van der Waals surface area contributed by atoms with Gasteiger partial charge in [0.05, 0.1) is 42.9 Å². The number of hydrogen-bond donors (Lipinski definition) is 1. The number of urea groups is 1. The molecule has 1 N–H and O–H groups in total. The third kappa shape index (κ3) is 5.63. The predicted molar refractivity (Wildman–Crippen MR) is 138 cm³/mol. The van der Waals surface area contributed by atoms with E-state index in [0.717, 1.165) is 4.47 Å². The van der Waals surface area contributed by atoms with Crippen LogP contribution < -0.4 is 10.9 Å². The van der Waals surface area contributed by atoms with Crippen molar-refractivity contribution in [3.05, 3.63) is 93.3 Å². The second kappa shape index (κ2) is 11.3. The van der Waals surface area contributed by atoms with Gasteiger partial charge in [0, 0.05) is 17.3 Å². The molecule has 4 rings (SSSR count). The highest BCUT2D eigenvalue weighted by molar-refractivity contribution is 9.10. The van der Waals surface area contributed by atoms with Gasteiger partial charge in [-0.2, -0.15) is 0 Å². The summed E-state index contributed by atoms with van der Waals surface area (Å²) in [5.74, 6) is 1.13. The molecule has 4 aromatic rings. The highest BCUT2D eigenvalue weighted by Gasteiger charge is 2.29. The summed E-state index contributed by atoms with van der Waals surface area (Å²) in [5, 5.41) is 3.50. The van der Waals surface area contributed by atoms with E-state index in [9.17, 15) is 9.59 Å². The largest absolute Gasteiger partial charge is 0.467 e. The van der Waals surface area contributed by atoms with E-state index < -0.39 is 6.04 Å². The van der Waals surface area contributed by atoms with Crippen molar-refractivity contribution in [3.8, 4) is 0 Å². The van der Waals surface area contributed by atoms with Crippen LogP contribution in [0, 0.1) is 0 Å². The van der Waals surface area contributed by atoms with Crippen LogP contribution >= 0.6 is 15.9 Å². The van der Waals surface area contributed by atoms with Crippen molar-refractivity contribution in [1.29, 1.82) is 0 Å². The van der Waals surface area contributed by atoms with Gasteiger partial charge < -0.3 is 19.4 Å². The van der Waals surface area contributed by atoms with Gasteiger partial charge in [-0.3, -0.25) is 9.36 Å². The molecule has 0 aliphatic heterocycles. The number of nitrogens with one attached hydrogen (secondary N) is 1. The van der Waals surface area contributed by atoms with Crippen molar-refractivity contribution in [1.82, 2.24) is 14.5 Å². The molecule has 2 amide bonds. The summed E-state index contributed by atoms with van der Waals surface area (Å²) in [7, 11) is 1.59. The molecule has 2 heterocycles. The van der Waals surface area contributed by atoms with Gasteiger partial charge >= 0.3 is 6.03 Å². The molecule has 1 unspecified atom stereocenters. The van der Waals surface area contributed by atoms with E-state index in [1.165, 1.54) is 0 Å². The highest BCUT2D eigenvalue weighted by Crippen LogP contribution is 2.27. The van der Waals surface area contributed by atoms with E-state index in [-0.39, 0.29) is 18.1 Å². The molecular formula is C26H27BrN4O4. The van der Waals surface area contributed by atoms with Crippen LogP contribution in [0.15, 0.2) is 80.6 Å². The first-order chi connectivity index (χ1) is 17.0. The minimum Gasteiger partial charge on any atom is -0.467 e. The number of hydrogen-bond acceptors (Lipinski definition) is 5. The lowest BCUT2D eigenvalue weighted by Gasteiger charge is -2.32. The monoisotopic (exact) mass is 538 g/mol. The number of carbonyl (C=O) groups excluding carboxylic acids is 1. The van der Waals surface area contributed by atoms with Gasteiger partial charge in [-0.25, -0.2) is 9.78 Å². The van der Waals surface area contributed by atoms with Gasteiger partial charge in [0.2, 0.25) is 0 Å². The topological polar surface area (TPSA) is 89.6 Å². The number of ether oxygens (including phenoxy) is 1. The van der Waals surface area contributed by atoms with Crippen molar-refractivity contribution in [2.75, 3.05) is 19.0 Å². The SMILES string of the molecule is CCC(c1nc2ccccc2c(=O)n1CCOC)N(Cc1ccco1)C(=O)Nc1cccc(Br)c1. The Morgan fingerprint density at radius 1 is 1.20 bits per heavy atom. The summed E-state index contributed by atoms with van der Waals surface area (Å²) < 4.78 is 13.3. The average molecular weight is 539 g/mol. The van der Waals surface area contributed by atoms with Crippen LogP contribution in [0.2, 0.25) is 0 Å². The Kier molecular flexibility index (Phi) is 7.99. The van der Waals surface area contributed by atoms with Crippen molar-refractivity contribution in [3.63, 3.8) is 0 Å². The zero-order valence-electron chi connectivity index (χ0n) is 19.6. The Morgan fingerprint density at radius 2 is 2.03 bits per heavy atom. The minimum absolute atomic E-state index is 0.161. The fourth-order valence-corrected chi connectivity index (χ4v) is 4.44. The van der Waals surface area contributed by atoms with E-state index in [0.29, 0.717) is 47.7 Å². The Hall–Kier alpha value is -3.43. The molecule has 35 heavy (non-hydrogen) atoms. The normalized spacial score (nSPS) is 12.0. The van der Waals surface area contributed by atoms with E-state index >= 15 is 0 Å². The second-order valence-electron chi connectivity index (χ2n) is 8.01. The first-order valence-electron chi connectivity index (χ1n) is 11.4. The maximum Gasteiger partial charge on any atom is 0.322 e. The molecule has 2 aromatic heterocycles. The van der Waals surface area contributed by atoms with Gasteiger partial charge in [0.1, 0.15) is 11.6 Å². The molecule has 0 fully saturated rings. The number of benzene rings is 2. The average Bonchev–Trinajstić information content (AvgIpc) is 3.37. The first kappa shape index (κ1) is 24.7. The number of anilines is 1. The fourth-order valence-electron chi connectivity index (χ4n) is 4.04. The van der Waals surface area contributed by atoms with Crippen LogP contribution in [-0.4, -0.2) is 34.2 Å². The number of methoxy groups -OCH3 is 1. The fraction of sp³-hybridized carbons (Fsp3) is 0.269. The van der Waals surface area contributed by atoms with Crippen LogP contribution in [0.25, 0.3) is 10.9 Å². The summed E-state index contributed by atoms with van der Waals surface area (Å²) in [6.07, 6.45) is 2.11. The van der Waals surface area contributed by atoms with Gasteiger partial charge in [-0.15, -0.1) is 0 Å². The Bertz CT molecular complexity index is 1350. The molecule has 1 atom stereocenters. The summed E-state index contributed by atoms with van der Waals surface area (Å²) >= 11 is 3.44. The van der Waals surface area contributed by atoms with Crippen LogP contribution in [0.3, 0.4) is 0 Å². The van der Waals surface area contributed by atoms with Gasteiger partial charge in [0.25, 0.3) is 5.56 Å². The van der Waals surface area contributed by atoms with E-state index in [4.69, 9.17) is 14.1 Å². The van der Waals surface area contributed by atoms with E-state index in [1.807, 2.05) is 55.5 Å². The zero-order valence-corrected chi connectivity index (χ0v) is 21.2. The first-order valence-corrected chi connectivity index (χ1v) is 12.1. The van der Waals surface area contributed by atoms with Crippen LogP contribution in [0.1, 0.15) is 31.0 Å². The van der Waals surface area contributed by atoms with Crippen LogP contribution in [-0.2, 0) is 17.8 Å². The summed E-state index contributed by atoms with van der Waals surface area (Å²) in [6.45, 7) is 2.83. The van der Waals surface area contributed by atoms with Gasteiger partial charge in [-0.05, 0) is 48.9 Å². The number of amides is 2. The Morgan fingerprint density at radius 3 is 2.74 bits per heavy atom. The number of fused-ring (bicyclic) bond motifs is 1. The number of para-hydroxylation sites is 1. The van der Waals surface area contributed by atoms with Gasteiger partial charge in [0.15, 0.2) is 0 Å². The quantitative estimate of drug-likeness (QED) is 0.300. The van der Waals surface area contributed by atoms with Crippen molar-refractivity contribution in [2.45, 2.75) is 32.5 Å². The number of carbonyl (C=O) groups is 1. The predicted octanol–water partition coefficient (Wildman–Crippen LogP) is 5.58. The lowest BCUT2D eigenvalue weighted by Crippen LogP contribution is -2.41. The highest BCUT2D eigenvalue weighted by atomic mass is 79.9. The lowest BCUT2D eigenvalue weighted by atomic mass is 10.1. The van der Waals surface area contributed by atoms with Crippen molar-refractivity contribution >= 4 is 38.6 Å². The Balaban J connectivity index is 1.80. The molecule has 0 aliphatic rings. The summed E-state index contributed by atoms with van der Waals surface area (Å²) in [6, 6.07) is 17.4. The molecule has 0 spiro atoms. The maximum absolute atomic E-state index is 13.6. The van der Waals surface area contributed by atoms with Crippen LogP contribution in [0.4, 0.5) is 10.5 Å². The summed E-state index contributed by atoms with van der Waals surface area (Å²) in [4.78, 5) is 33.6. The van der Waals surface area contributed by atoms with E-state index in [2.05, 4.69) is 21.2 Å². The molecule has 0 bridgehead atoms. The molecule has 0 radical (unpaired) electrons. The smallest absolute Gasteiger partial charge is 0.322 e. The summed E-state index contributed by atoms with van der Waals surface area (Å²) in [5.41, 5.74) is 1.07. The van der Waals surface area contributed by atoms with Crippen molar-refractivity contribution in [2.24, 2.45) is 0 Å². The molecule has 9 heteroatoms.